The van der Waals surface area contributed by atoms with Crippen molar-refractivity contribution in [2.45, 2.75) is 6.92 Å². The van der Waals surface area contributed by atoms with E-state index in [1.807, 2.05) is 19.1 Å². The van der Waals surface area contributed by atoms with Crippen LogP contribution in [0.2, 0.25) is 0 Å². The fraction of sp³-hybridized carbons (Fsp3) is 0.0833. The SMILES string of the molecule is Cc1ccncc1-c1cnc(N)c(C=N)c1. The first-order chi connectivity index (χ1) is 7.72. The Labute approximate surface area is 93.7 Å². The fourth-order valence-corrected chi connectivity index (χ4v) is 1.52. The highest BCUT2D eigenvalue weighted by Crippen LogP contribution is 2.23. The molecule has 0 saturated carbocycles. The molecule has 0 bridgehead atoms. The predicted molar refractivity (Wildman–Crippen MR) is 64.5 cm³/mol. The van der Waals surface area contributed by atoms with Gasteiger partial charge in [-0.25, -0.2) is 4.98 Å². The van der Waals surface area contributed by atoms with Gasteiger partial charge in [-0.1, -0.05) is 0 Å². The Balaban J connectivity index is 2.57. The zero-order valence-corrected chi connectivity index (χ0v) is 8.94. The summed E-state index contributed by atoms with van der Waals surface area (Å²) in [6, 6.07) is 3.79. The van der Waals surface area contributed by atoms with Crippen LogP contribution in [0.1, 0.15) is 11.1 Å². The van der Waals surface area contributed by atoms with Gasteiger partial charge in [0.05, 0.1) is 0 Å². The van der Waals surface area contributed by atoms with E-state index >= 15 is 0 Å². The van der Waals surface area contributed by atoms with Gasteiger partial charge in [0.25, 0.3) is 0 Å². The number of nitrogens with zero attached hydrogens (tertiary/aromatic N) is 2. The lowest BCUT2D eigenvalue weighted by Crippen LogP contribution is -1.97. The molecule has 0 unspecified atom stereocenters. The number of rotatable bonds is 2. The zero-order valence-electron chi connectivity index (χ0n) is 8.94. The van der Waals surface area contributed by atoms with E-state index < -0.39 is 0 Å². The molecule has 0 aliphatic carbocycles. The van der Waals surface area contributed by atoms with E-state index in [9.17, 15) is 0 Å². The Morgan fingerprint density at radius 3 is 2.88 bits per heavy atom. The molecule has 2 rings (SSSR count). The lowest BCUT2D eigenvalue weighted by molar-refractivity contribution is 1.27. The van der Waals surface area contributed by atoms with Gasteiger partial charge in [0, 0.05) is 41.5 Å². The topological polar surface area (TPSA) is 75.7 Å². The Morgan fingerprint density at radius 1 is 1.38 bits per heavy atom. The Bertz CT molecular complexity index is 534. The molecule has 0 saturated heterocycles. The van der Waals surface area contributed by atoms with Crippen LogP contribution in [0.5, 0.6) is 0 Å². The van der Waals surface area contributed by atoms with Crippen LogP contribution in [-0.4, -0.2) is 16.2 Å². The number of aryl methyl sites for hydroxylation is 1. The van der Waals surface area contributed by atoms with E-state index in [0.717, 1.165) is 16.7 Å². The minimum absolute atomic E-state index is 0.375. The van der Waals surface area contributed by atoms with Crippen LogP contribution in [-0.2, 0) is 0 Å². The van der Waals surface area contributed by atoms with Gasteiger partial charge >= 0.3 is 0 Å². The van der Waals surface area contributed by atoms with E-state index in [0.29, 0.717) is 11.4 Å². The second kappa shape index (κ2) is 4.10. The average Bonchev–Trinajstić information content (AvgIpc) is 2.31. The molecular formula is C12H12N4. The summed E-state index contributed by atoms with van der Waals surface area (Å²) in [5.41, 5.74) is 9.33. The fourth-order valence-electron chi connectivity index (χ4n) is 1.52. The first-order valence-corrected chi connectivity index (χ1v) is 4.89. The molecule has 2 aromatic heterocycles. The molecule has 80 valence electrons. The highest BCUT2D eigenvalue weighted by molar-refractivity contribution is 5.86. The van der Waals surface area contributed by atoms with Gasteiger partial charge in [-0.2, -0.15) is 0 Å². The zero-order chi connectivity index (χ0) is 11.5. The predicted octanol–water partition coefficient (Wildman–Crippen LogP) is 2.03. The van der Waals surface area contributed by atoms with Crippen molar-refractivity contribution in [3.63, 3.8) is 0 Å². The first kappa shape index (κ1) is 10.3. The number of nitrogens with one attached hydrogen (secondary N) is 1. The van der Waals surface area contributed by atoms with E-state index in [2.05, 4.69) is 9.97 Å². The molecular weight excluding hydrogens is 200 g/mol. The maximum absolute atomic E-state index is 7.24. The Morgan fingerprint density at radius 2 is 2.19 bits per heavy atom. The number of nitrogens with two attached hydrogens (primary N) is 1. The molecule has 0 aliphatic rings. The molecule has 0 aromatic carbocycles. The summed E-state index contributed by atoms with van der Waals surface area (Å²) < 4.78 is 0. The highest BCUT2D eigenvalue weighted by atomic mass is 14.8. The molecule has 16 heavy (non-hydrogen) atoms. The van der Waals surface area contributed by atoms with E-state index in [-0.39, 0.29) is 0 Å². The summed E-state index contributed by atoms with van der Waals surface area (Å²) in [6.45, 7) is 2.01. The number of nitrogen functional groups attached to an aromatic ring is 1. The quantitative estimate of drug-likeness (QED) is 0.748. The minimum Gasteiger partial charge on any atom is -0.383 e. The Kier molecular flexibility index (Phi) is 2.64. The van der Waals surface area contributed by atoms with Gasteiger partial charge < -0.3 is 11.1 Å². The molecule has 0 radical (unpaired) electrons. The van der Waals surface area contributed by atoms with Gasteiger partial charge in [-0.15, -0.1) is 0 Å². The maximum atomic E-state index is 7.24. The van der Waals surface area contributed by atoms with Crippen molar-refractivity contribution in [3.8, 4) is 11.1 Å². The molecule has 4 heteroatoms. The third kappa shape index (κ3) is 1.77. The van der Waals surface area contributed by atoms with Crippen LogP contribution >= 0.6 is 0 Å². The van der Waals surface area contributed by atoms with Gasteiger partial charge in [-0.3, -0.25) is 4.98 Å². The lowest BCUT2D eigenvalue weighted by atomic mass is 10.0. The van der Waals surface area contributed by atoms with Crippen LogP contribution in [0, 0.1) is 12.3 Å². The summed E-state index contributed by atoms with van der Waals surface area (Å²) in [5.74, 6) is 0.375. The molecule has 4 nitrogen and oxygen atoms in total. The van der Waals surface area contributed by atoms with Gasteiger partial charge in [0.1, 0.15) is 5.82 Å². The second-order valence-electron chi connectivity index (χ2n) is 3.53. The van der Waals surface area contributed by atoms with Gasteiger partial charge in [-0.05, 0) is 24.6 Å². The molecule has 0 amide bonds. The van der Waals surface area contributed by atoms with Crippen LogP contribution in [0.25, 0.3) is 11.1 Å². The third-order valence-corrected chi connectivity index (χ3v) is 2.46. The monoisotopic (exact) mass is 212 g/mol. The smallest absolute Gasteiger partial charge is 0.132 e. The maximum Gasteiger partial charge on any atom is 0.132 e. The van der Waals surface area contributed by atoms with E-state index in [1.165, 1.54) is 6.21 Å². The van der Waals surface area contributed by atoms with Gasteiger partial charge in [0.15, 0.2) is 0 Å². The molecule has 0 fully saturated rings. The van der Waals surface area contributed by atoms with E-state index in [4.69, 9.17) is 11.1 Å². The molecule has 3 N–H and O–H groups in total. The molecule has 0 aliphatic heterocycles. The standard InChI is InChI=1S/C12H12N4/c1-8-2-3-15-7-11(8)10-4-9(5-13)12(14)16-6-10/h2-7,13H,1H3,(H2,14,16). The summed E-state index contributed by atoms with van der Waals surface area (Å²) >= 11 is 0. The number of hydrogen-bond donors (Lipinski definition) is 2. The number of pyridine rings is 2. The molecule has 2 heterocycles. The first-order valence-electron chi connectivity index (χ1n) is 4.89. The van der Waals surface area contributed by atoms with Crippen LogP contribution in [0.4, 0.5) is 5.82 Å². The second-order valence-corrected chi connectivity index (χ2v) is 3.53. The summed E-state index contributed by atoms with van der Waals surface area (Å²) in [7, 11) is 0. The van der Waals surface area contributed by atoms with Crippen LogP contribution in [0.15, 0.2) is 30.7 Å². The summed E-state index contributed by atoms with van der Waals surface area (Å²) in [5, 5.41) is 7.24. The third-order valence-electron chi connectivity index (χ3n) is 2.46. The number of aromatic nitrogens is 2. The summed E-state index contributed by atoms with van der Waals surface area (Å²) in [6.07, 6.45) is 6.45. The van der Waals surface area contributed by atoms with Crippen molar-refractivity contribution in [1.29, 1.82) is 5.41 Å². The van der Waals surface area contributed by atoms with Crippen molar-refractivity contribution in [1.82, 2.24) is 9.97 Å². The Hall–Kier alpha value is -2.23. The molecule has 2 aromatic rings. The van der Waals surface area contributed by atoms with Gasteiger partial charge in [0.2, 0.25) is 0 Å². The molecule has 0 atom stereocenters. The normalized spacial score (nSPS) is 10.1. The van der Waals surface area contributed by atoms with Crippen molar-refractivity contribution in [2.24, 2.45) is 0 Å². The number of hydrogen-bond acceptors (Lipinski definition) is 4. The minimum atomic E-state index is 0.375. The largest absolute Gasteiger partial charge is 0.383 e. The number of anilines is 1. The highest BCUT2D eigenvalue weighted by Gasteiger charge is 2.05. The van der Waals surface area contributed by atoms with E-state index in [1.54, 1.807) is 18.6 Å². The van der Waals surface area contributed by atoms with Crippen molar-refractivity contribution in [3.05, 3.63) is 41.9 Å². The average molecular weight is 212 g/mol. The lowest BCUT2D eigenvalue weighted by Gasteiger charge is -2.06. The summed E-state index contributed by atoms with van der Waals surface area (Å²) in [4.78, 5) is 8.15. The van der Waals surface area contributed by atoms with Crippen LogP contribution < -0.4 is 5.73 Å². The van der Waals surface area contributed by atoms with Crippen LogP contribution in [0.3, 0.4) is 0 Å². The van der Waals surface area contributed by atoms with Crippen molar-refractivity contribution < 1.29 is 0 Å². The van der Waals surface area contributed by atoms with Crippen molar-refractivity contribution >= 4 is 12.0 Å². The van der Waals surface area contributed by atoms with Crippen molar-refractivity contribution in [2.75, 3.05) is 5.73 Å². The molecule has 0 spiro atoms.